The van der Waals surface area contributed by atoms with E-state index >= 15 is 0 Å². The molecule has 0 heterocycles. The molecule has 3 atom stereocenters. The van der Waals surface area contributed by atoms with E-state index in [9.17, 15) is 0 Å². The summed E-state index contributed by atoms with van der Waals surface area (Å²) in [5.74, 6) is 1.76. The Bertz CT molecular complexity index is 573. The van der Waals surface area contributed by atoms with E-state index in [1.165, 1.54) is 42.4 Å². The van der Waals surface area contributed by atoms with Gasteiger partial charge in [0.1, 0.15) is 5.75 Å². The van der Waals surface area contributed by atoms with Crippen molar-refractivity contribution >= 4 is 0 Å². The average Bonchev–Trinajstić information content (AvgIpc) is 2.48. The summed E-state index contributed by atoms with van der Waals surface area (Å²) in [6, 6.07) is 7.27. The van der Waals surface area contributed by atoms with Crippen molar-refractivity contribution in [3.63, 3.8) is 0 Å². The summed E-state index contributed by atoms with van der Waals surface area (Å²) in [6.07, 6.45) is 7.49. The number of hydrogen-bond acceptors (Lipinski definition) is 2. The molecular formula is C20H29NO. The fraction of sp³-hybridized carbons (Fsp3) is 0.600. The quantitative estimate of drug-likeness (QED) is 0.840. The predicted molar refractivity (Wildman–Crippen MR) is 92.6 cm³/mol. The number of fused-ring (bicyclic) bond motifs is 4. The molecule has 1 N–H and O–H groups in total. The van der Waals surface area contributed by atoms with Crippen LogP contribution in [0.25, 0.3) is 0 Å². The molecule has 2 heteroatoms. The van der Waals surface area contributed by atoms with E-state index in [1.54, 1.807) is 7.11 Å². The molecule has 3 rings (SSSR count). The molecule has 0 aromatic heterocycles. The summed E-state index contributed by atoms with van der Waals surface area (Å²) in [6.45, 7) is 7.78. The highest BCUT2D eigenvalue weighted by molar-refractivity contribution is 5.45. The third-order valence-electron chi connectivity index (χ3n) is 5.69. The van der Waals surface area contributed by atoms with Gasteiger partial charge in [0, 0.05) is 18.0 Å². The highest BCUT2D eigenvalue weighted by Crippen LogP contribution is 2.49. The lowest BCUT2D eigenvalue weighted by molar-refractivity contribution is 0.144. The van der Waals surface area contributed by atoms with Crippen molar-refractivity contribution in [1.82, 2.24) is 5.32 Å². The number of methoxy groups -OCH3 is 1. The van der Waals surface area contributed by atoms with E-state index in [4.69, 9.17) is 4.74 Å². The zero-order chi connectivity index (χ0) is 15.7. The van der Waals surface area contributed by atoms with Crippen LogP contribution >= 0.6 is 0 Å². The van der Waals surface area contributed by atoms with Crippen molar-refractivity contribution in [2.75, 3.05) is 13.7 Å². The van der Waals surface area contributed by atoms with Gasteiger partial charge < -0.3 is 10.1 Å². The standard InChI is InChI=1S/C20H29NO/c1-14(2)9-11-21-19-16-6-5-10-20(19,3)18-13-17(22-4)8-7-15(18)12-16/h7-9,13,16,19,21H,5-6,10-12H2,1-4H3/t16?,19-,20+/m0/s1. The first kappa shape index (κ1) is 15.6. The van der Waals surface area contributed by atoms with Gasteiger partial charge in [0.2, 0.25) is 0 Å². The maximum Gasteiger partial charge on any atom is 0.119 e. The number of ether oxygens (including phenoxy) is 1. The van der Waals surface area contributed by atoms with Crippen molar-refractivity contribution in [1.29, 1.82) is 0 Å². The Morgan fingerprint density at radius 2 is 2.23 bits per heavy atom. The fourth-order valence-electron chi connectivity index (χ4n) is 4.55. The molecule has 1 aromatic rings. The zero-order valence-electron chi connectivity index (χ0n) is 14.4. The number of allylic oxidation sites excluding steroid dienone is 1. The Kier molecular flexibility index (Phi) is 4.31. The fourth-order valence-corrected chi connectivity index (χ4v) is 4.55. The highest BCUT2D eigenvalue weighted by Gasteiger charge is 2.47. The molecule has 2 bridgehead atoms. The monoisotopic (exact) mass is 299 g/mol. The molecule has 22 heavy (non-hydrogen) atoms. The van der Waals surface area contributed by atoms with Crippen molar-refractivity contribution in [2.45, 2.75) is 57.9 Å². The molecule has 1 fully saturated rings. The molecule has 0 amide bonds. The van der Waals surface area contributed by atoms with Gasteiger partial charge in [0.05, 0.1) is 7.11 Å². The van der Waals surface area contributed by atoms with Crippen LogP contribution in [0.1, 0.15) is 51.2 Å². The molecule has 0 radical (unpaired) electrons. The van der Waals surface area contributed by atoms with Crippen LogP contribution in [0.5, 0.6) is 5.75 Å². The van der Waals surface area contributed by atoms with E-state index in [1.807, 2.05) is 0 Å². The van der Waals surface area contributed by atoms with E-state index in [0.29, 0.717) is 6.04 Å². The Balaban J connectivity index is 1.94. The molecule has 1 saturated carbocycles. The normalized spacial score (nSPS) is 29.6. The van der Waals surface area contributed by atoms with Crippen LogP contribution in [0.15, 0.2) is 29.8 Å². The van der Waals surface area contributed by atoms with Crippen LogP contribution in [0.3, 0.4) is 0 Å². The van der Waals surface area contributed by atoms with Gasteiger partial charge in [-0.3, -0.25) is 0 Å². The van der Waals surface area contributed by atoms with Crippen LogP contribution in [0.2, 0.25) is 0 Å². The molecule has 1 aromatic carbocycles. The first-order chi connectivity index (χ1) is 10.5. The lowest BCUT2D eigenvalue weighted by atomic mass is 9.57. The minimum atomic E-state index is 0.237. The molecular weight excluding hydrogens is 270 g/mol. The first-order valence-corrected chi connectivity index (χ1v) is 8.59. The number of benzene rings is 1. The minimum absolute atomic E-state index is 0.237. The van der Waals surface area contributed by atoms with Crippen LogP contribution in [-0.2, 0) is 11.8 Å². The van der Waals surface area contributed by atoms with Gasteiger partial charge in [-0.2, -0.15) is 0 Å². The predicted octanol–water partition coefficient (Wildman–Crippen LogP) is 4.23. The first-order valence-electron chi connectivity index (χ1n) is 8.59. The summed E-state index contributed by atoms with van der Waals surface area (Å²) < 4.78 is 5.48. The van der Waals surface area contributed by atoms with E-state index in [-0.39, 0.29) is 5.41 Å². The SMILES string of the molecule is COc1ccc2c(c1)[C@@]1(C)CCCC(C2)[C@@H]1NCC=C(C)C. The maximum atomic E-state index is 5.48. The summed E-state index contributed by atoms with van der Waals surface area (Å²) >= 11 is 0. The van der Waals surface area contributed by atoms with Crippen LogP contribution in [0, 0.1) is 5.92 Å². The topological polar surface area (TPSA) is 21.3 Å². The van der Waals surface area contributed by atoms with E-state index in [2.05, 4.69) is 50.4 Å². The molecule has 2 nitrogen and oxygen atoms in total. The summed E-state index contributed by atoms with van der Waals surface area (Å²) in [4.78, 5) is 0. The second-order valence-corrected chi connectivity index (χ2v) is 7.46. The van der Waals surface area contributed by atoms with Crippen LogP contribution in [-0.4, -0.2) is 19.7 Å². The number of nitrogens with one attached hydrogen (secondary N) is 1. The van der Waals surface area contributed by atoms with E-state index < -0.39 is 0 Å². The van der Waals surface area contributed by atoms with Crippen molar-refractivity contribution in [2.24, 2.45) is 5.92 Å². The van der Waals surface area contributed by atoms with Gasteiger partial charge in [-0.25, -0.2) is 0 Å². The molecule has 0 aliphatic heterocycles. The molecule has 2 aliphatic rings. The minimum Gasteiger partial charge on any atom is -0.497 e. The van der Waals surface area contributed by atoms with Gasteiger partial charge >= 0.3 is 0 Å². The van der Waals surface area contributed by atoms with Gasteiger partial charge in [-0.05, 0) is 62.3 Å². The van der Waals surface area contributed by atoms with E-state index in [0.717, 1.165) is 18.2 Å². The van der Waals surface area contributed by atoms with Gasteiger partial charge in [-0.15, -0.1) is 0 Å². The molecule has 1 unspecified atom stereocenters. The van der Waals surface area contributed by atoms with Gasteiger partial charge in [-0.1, -0.05) is 31.1 Å². The van der Waals surface area contributed by atoms with Crippen molar-refractivity contribution in [3.05, 3.63) is 41.0 Å². The molecule has 0 spiro atoms. The second kappa shape index (κ2) is 6.08. The van der Waals surface area contributed by atoms with Gasteiger partial charge in [0.15, 0.2) is 0 Å². The molecule has 0 saturated heterocycles. The average molecular weight is 299 g/mol. The maximum absolute atomic E-state index is 5.48. The van der Waals surface area contributed by atoms with Crippen LogP contribution in [0.4, 0.5) is 0 Å². The summed E-state index contributed by atoms with van der Waals surface area (Å²) in [5, 5.41) is 3.86. The van der Waals surface area contributed by atoms with Gasteiger partial charge in [0.25, 0.3) is 0 Å². The Morgan fingerprint density at radius 3 is 2.95 bits per heavy atom. The smallest absolute Gasteiger partial charge is 0.119 e. The third-order valence-corrected chi connectivity index (χ3v) is 5.69. The summed E-state index contributed by atoms with van der Waals surface area (Å²) in [7, 11) is 1.76. The number of hydrogen-bond donors (Lipinski definition) is 1. The highest BCUT2D eigenvalue weighted by atomic mass is 16.5. The van der Waals surface area contributed by atoms with Crippen molar-refractivity contribution < 1.29 is 4.74 Å². The molecule has 120 valence electrons. The van der Waals surface area contributed by atoms with Crippen molar-refractivity contribution in [3.8, 4) is 5.75 Å². The Morgan fingerprint density at radius 1 is 1.41 bits per heavy atom. The lowest BCUT2D eigenvalue weighted by Gasteiger charge is -2.51. The lowest BCUT2D eigenvalue weighted by Crippen LogP contribution is -2.57. The largest absolute Gasteiger partial charge is 0.497 e. The Hall–Kier alpha value is -1.28. The summed E-state index contributed by atoms with van der Waals surface area (Å²) in [5.41, 5.74) is 4.67. The van der Waals surface area contributed by atoms with Crippen LogP contribution < -0.4 is 10.1 Å². The number of rotatable bonds is 4. The molecule has 2 aliphatic carbocycles. The second-order valence-electron chi connectivity index (χ2n) is 7.46. The Labute approximate surface area is 135 Å². The zero-order valence-corrected chi connectivity index (χ0v) is 14.4. The third kappa shape index (κ3) is 2.69.